The van der Waals surface area contributed by atoms with Gasteiger partial charge < -0.3 is 0 Å². The summed E-state index contributed by atoms with van der Waals surface area (Å²) < 4.78 is 0. The molecule has 6 aliphatic rings. The molecule has 6 fully saturated rings. The number of rotatable bonds is 7. The van der Waals surface area contributed by atoms with Gasteiger partial charge in [-0.05, 0) is 135 Å². The zero-order valence-electron chi connectivity index (χ0n) is 28.1. The lowest BCUT2D eigenvalue weighted by Gasteiger charge is -2.56. The Morgan fingerprint density at radius 2 is 1.12 bits per heavy atom. The van der Waals surface area contributed by atoms with Crippen molar-refractivity contribution in [3.8, 4) is 0 Å². The van der Waals surface area contributed by atoms with Gasteiger partial charge in [-0.15, -0.1) is 0 Å². The van der Waals surface area contributed by atoms with E-state index in [-0.39, 0.29) is 0 Å². The molecule has 6 aliphatic carbocycles. The Bertz CT molecular complexity index is 724. The average molecular weight is 553 g/mol. The van der Waals surface area contributed by atoms with Crippen LogP contribution >= 0.6 is 0 Å². The topological polar surface area (TPSA) is 0 Å². The predicted octanol–water partition coefficient (Wildman–Crippen LogP) is 12.7. The van der Waals surface area contributed by atoms with E-state index >= 15 is 0 Å². The van der Waals surface area contributed by atoms with Gasteiger partial charge in [0.15, 0.2) is 0 Å². The summed E-state index contributed by atoms with van der Waals surface area (Å²) in [6.07, 6.45) is 33.8. The molecule has 232 valence electrons. The van der Waals surface area contributed by atoms with Crippen molar-refractivity contribution in [2.24, 2.45) is 76.9 Å². The first-order valence-electron chi connectivity index (χ1n) is 19.5. The Morgan fingerprint density at radius 3 is 1.85 bits per heavy atom. The lowest BCUT2D eigenvalue weighted by Crippen LogP contribution is -2.49. The lowest BCUT2D eigenvalue weighted by molar-refractivity contribution is -0.0713. The first-order valence-corrected chi connectivity index (χ1v) is 19.5. The molecule has 0 aromatic rings. The highest BCUT2D eigenvalue weighted by Crippen LogP contribution is 2.60. The summed E-state index contributed by atoms with van der Waals surface area (Å²) in [5.74, 6) is 14.1. The molecule has 0 heterocycles. The second kappa shape index (κ2) is 15.1. The molecule has 0 radical (unpaired) electrons. The smallest absolute Gasteiger partial charge is 0.0318 e. The summed E-state index contributed by atoms with van der Waals surface area (Å²) in [5.41, 5.74) is 0. The summed E-state index contributed by atoms with van der Waals surface area (Å²) in [4.78, 5) is 0. The van der Waals surface area contributed by atoms with Crippen molar-refractivity contribution in [3.63, 3.8) is 0 Å². The lowest BCUT2D eigenvalue weighted by atomic mass is 9.49. The normalized spacial score (nSPS) is 47.2. The van der Waals surface area contributed by atoms with Crippen LogP contribution in [0.2, 0.25) is 0 Å². The molecule has 6 rings (SSSR count). The third-order valence-corrected chi connectivity index (χ3v) is 14.7. The first-order chi connectivity index (χ1) is 19.5. The molecular formula is C40H72. The zero-order valence-corrected chi connectivity index (χ0v) is 28.1. The van der Waals surface area contributed by atoms with Gasteiger partial charge in [0, 0.05) is 0 Å². The highest BCUT2D eigenvalue weighted by atomic mass is 14.6. The Hall–Kier alpha value is 0. The van der Waals surface area contributed by atoms with E-state index in [1.807, 2.05) is 0 Å². The van der Waals surface area contributed by atoms with Crippen LogP contribution in [0.3, 0.4) is 0 Å². The summed E-state index contributed by atoms with van der Waals surface area (Å²) >= 11 is 0. The van der Waals surface area contributed by atoms with Crippen molar-refractivity contribution in [2.45, 2.75) is 176 Å². The minimum absolute atomic E-state index is 1.01. The van der Waals surface area contributed by atoms with E-state index in [4.69, 9.17) is 0 Å². The van der Waals surface area contributed by atoms with E-state index in [1.165, 1.54) is 57.8 Å². The Kier molecular flexibility index (Phi) is 11.9. The zero-order chi connectivity index (χ0) is 28.1. The molecule has 0 aromatic carbocycles. The van der Waals surface area contributed by atoms with Crippen LogP contribution in [0, 0.1) is 76.9 Å². The summed E-state index contributed by atoms with van der Waals surface area (Å²) in [7, 11) is 0. The van der Waals surface area contributed by atoms with Gasteiger partial charge >= 0.3 is 0 Å². The van der Waals surface area contributed by atoms with E-state index in [9.17, 15) is 0 Å². The fourth-order valence-electron chi connectivity index (χ4n) is 12.9. The molecule has 0 amide bonds. The van der Waals surface area contributed by atoms with Gasteiger partial charge in [-0.1, -0.05) is 118 Å². The quantitative estimate of drug-likeness (QED) is 0.294. The van der Waals surface area contributed by atoms with Crippen LogP contribution in [0.5, 0.6) is 0 Å². The van der Waals surface area contributed by atoms with Crippen molar-refractivity contribution in [1.29, 1.82) is 0 Å². The second-order valence-corrected chi connectivity index (χ2v) is 16.8. The van der Waals surface area contributed by atoms with Crippen LogP contribution in [0.25, 0.3) is 0 Å². The Labute approximate surface area is 252 Å². The number of unbranched alkanes of at least 4 members (excludes halogenated alkanes) is 1. The maximum Gasteiger partial charge on any atom is -0.0318 e. The first kappa shape index (κ1) is 31.4. The summed E-state index contributed by atoms with van der Waals surface area (Å²) in [6.45, 7) is 12.4. The summed E-state index contributed by atoms with van der Waals surface area (Å²) in [5, 5.41) is 0. The minimum atomic E-state index is 1.01. The average Bonchev–Trinajstić information content (AvgIpc) is 3.64. The highest BCUT2D eigenvalue weighted by Gasteiger charge is 2.52. The van der Waals surface area contributed by atoms with Crippen molar-refractivity contribution >= 4 is 0 Å². The largest absolute Gasteiger partial charge is 0.0654 e. The fourth-order valence-corrected chi connectivity index (χ4v) is 12.9. The van der Waals surface area contributed by atoms with Gasteiger partial charge in [0.2, 0.25) is 0 Å². The van der Waals surface area contributed by atoms with Gasteiger partial charge in [0.05, 0.1) is 0 Å². The van der Waals surface area contributed by atoms with Crippen LogP contribution < -0.4 is 0 Å². The molecule has 0 N–H and O–H groups in total. The van der Waals surface area contributed by atoms with Crippen molar-refractivity contribution in [3.05, 3.63) is 0 Å². The standard InChI is InChI=1S/C26H46.C14H26/c1-4-6-12-22-18(3)17-21-11-9-14-24(21)26(22)25-19(5-2)15-16-20-10-7-8-13-23(20)25;1-3-12-6-4-5-7-14(12)13-9-8-11(2)10-13/h18-26H,4-17H2,1-3H3;11-14H,3-10H2,1-2H3. The molecule has 0 spiro atoms. The monoisotopic (exact) mass is 553 g/mol. The molecule has 0 heteroatoms. The van der Waals surface area contributed by atoms with Crippen molar-refractivity contribution < 1.29 is 0 Å². The van der Waals surface area contributed by atoms with Crippen LogP contribution in [-0.2, 0) is 0 Å². The molecule has 0 aliphatic heterocycles. The third kappa shape index (κ3) is 7.03. The molecule has 0 aromatic heterocycles. The maximum absolute atomic E-state index is 2.66. The van der Waals surface area contributed by atoms with E-state index in [2.05, 4.69) is 34.6 Å². The van der Waals surface area contributed by atoms with Gasteiger partial charge in [0.1, 0.15) is 0 Å². The molecule has 0 bridgehead atoms. The van der Waals surface area contributed by atoms with Gasteiger partial charge in [-0.3, -0.25) is 0 Å². The predicted molar refractivity (Wildman–Crippen MR) is 175 cm³/mol. The van der Waals surface area contributed by atoms with Crippen molar-refractivity contribution in [1.82, 2.24) is 0 Å². The molecule has 13 unspecified atom stereocenters. The van der Waals surface area contributed by atoms with Gasteiger partial charge in [-0.25, -0.2) is 0 Å². The summed E-state index contributed by atoms with van der Waals surface area (Å²) in [6, 6.07) is 0. The number of fused-ring (bicyclic) bond motifs is 2. The fraction of sp³-hybridized carbons (Fsp3) is 1.00. The third-order valence-electron chi connectivity index (χ3n) is 14.7. The van der Waals surface area contributed by atoms with E-state index in [0.717, 1.165) is 76.9 Å². The van der Waals surface area contributed by atoms with Crippen LogP contribution in [-0.4, -0.2) is 0 Å². The molecule has 6 saturated carbocycles. The van der Waals surface area contributed by atoms with Crippen LogP contribution in [0.1, 0.15) is 176 Å². The van der Waals surface area contributed by atoms with E-state index in [0.29, 0.717) is 0 Å². The van der Waals surface area contributed by atoms with Crippen molar-refractivity contribution in [2.75, 3.05) is 0 Å². The Morgan fingerprint density at radius 1 is 0.500 bits per heavy atom. The maximum atomic E-state index is 2.66. The minimum Gasteiger partial charge on any atom is -0.0654 e. The van der Waals surface area contributed by atoms with Crippen LogP contribution in [0.15, 0.2) is 0 Å². The second-order valence-electron chi connectivity index (χ2n) is 16.8. The van der Waals surface area contributed by atoms with Gasteiger partial charge in [0.25, 0.3) is 0 Å². The van der Waals surface area contributed by atoms with Gasteiger partial charge in [-0.2, -0.15) is 0 Å². The number of hydrogen-bond donors (Lipinski definition) is 0. The van der Waals surface area contributed by atoms with E-state index < -0.39 is 0 Å². The SMILES string of the molecule is CCC1CCCCC1C1CCC(C)C1.CCCCC1C(C)CC2CCCC2C1C1C(CC)CCC2CCCCC21. The molecular weight excluding hydrogens is 480 g/mol. The van der Waals surface area contributed by atoms with Crippen LogP contribution in [0.4, 0.5) is 0 Å². The molecule has 13 atom stereocenters. The molecule has 0 saturated heterocycles. The highest BCUT2D eigenvalue weighted by molar-refractivity contribution is 5.01. The Balaban J connectivity index is 0.000000194. The molecule has 40 heavy (non-hydrogen) atoms. The number of hydrogen-bond acceptors (Lipinski definition) is 0. The van der Waals surface area contributed by atoms with E-state index in [1.54, 1.807) is 83.5 Å². The molecule has 0 nitrogen and oxygen atoms in total.